The van der Waals surface area contributed by atoms with Gasteiger partial charge >= 0.3 is 0 Å². The molecule has 1 rings (SSSR count). The summed E-state index contributed by atoms with van der Waals surface area (Å²) in [5, 5.41) is 0. The van der Waals surface area contributed by atoms with Crippen LogP contribution in [0.15, 0.2) is 26.0 Å². The van der Waals surface area contributed by atoms with E-state index in [2.05, 4.69) is 31.9 Å². The highest BCUT2D eigenvalue weighted by atomic mass is 79.9. The van der Waals surface area contributed by atoms with Crippen LogP contribution < -0.4 is 5.56 Å². The minimum absolute atomic E-state index is 0.0994. The van der Waals surface area contributed by atoms with Gasteiger partial charge in [0.1, 0.15) is 0 Å². The normalized spacial score (nSPS) is 11.1. The van der Waals surface area contributed by atoms with Crippen molar-refractivity contribution in [2.45, 2.75) is 26.7 Å². The van der Waals surface area contributed by atoms with Gasteiger partial charge in [-0.05, 0) is 51.8 Å². The minimum Gasteiger partial charge on any atom is -0.351 e. The number of aromatic nitrogens is 1. The Kier molecular flexibility index (Phi) is 6.40. The van der Waals surface area contributed by atoms with Crippen molar-refractivity contribution in [3.05, 3.63) is 31.6 Å². The van der Waals surface area contributed by atoms with Crippen LogP contribution >= 0.6 is 31.9 Å². The van der Waals surface area contributed by atoms with Gasteiger partial charge in [-0.1, -0.05) is 0 Å². The number of nitrogens with zero attached hydrogens (tertiary/aromatic N) is 1. The summed E-state index contributed by atoms with van der Waals surface area (Å²) >= 11 is 6.56. The molecule has 96 valence electrons. The third kappa shape index (κ3) is 4.54. The molecule has 6 heteroatoms. The number of ether oxygens (including phenoxy) is 2. The molecule has 1 heterocycles. The Morgan fingerprint density at radius 3 is 2.41 bits per heavy atom. The molecule has 1 aromatic rings. The monoisotopic (exact) mass is 367 g/mol. The summed E-state index contributed by atoms with van der Waals surface area (Å²) in [5.41, 5.74) is -0.0994. The van der Waals surface area contributed by atoms with Gasteiger partial charge in [-0.15, -0.1) is 0 Å². The third-order valence-corrected chi connectivity index (χ3v) is 3.06. The van der Waals surface area contributed by atoms with E-state index in [0.717, 1.165) is 4.47 Å². The molecule has 0 radical (unpaired) electrons. The van der Waals surface area contributed by atoms with Gasteiger partial charge in [0.2, 0.25) is 0 Å². The fourth-order valence-corrected chi connectivity index (χ4v) is 2.64. The van der Waals surface area contributed by atoms with Crippen LogP contribution in [0.4, 0.5) is 0 Å². The smallest absolute Gasteiger partial charge is 0.265 e. The number of pyridine rings is 1. The molecule has 1 aromatic heterocycles. The molecule has 0 amide bonds. The highest BCUT2D eigenvalue weighted by molar-refractivity contribution is 9.11. The number of hydrogen-bond donors (Lipinski definition) is 0. The van der Waals surface area contributed by atoms with Crippen molar-refractivity contribution < 1.29 is 9.47 Å². The van der Waals surface area contributed by atoms with E-state index in [-0.39, 0.29) is 5.56 Å². The van der Waals surface area contributed by atoms with Crippen molar-refractivity contribution >= 4 is 31.9 Å². The Morgan fingerprint density at radius 1 is 1.29 bits per heavy atom. The second-order valence-corrected chi connectivity index (χ2v) is 5.07. The van der Waals surface area contributed by atoms with Crippen molar-refractivity contribution in [1.82, 2.24) is 4.57 Å². The van der Waals surface area contributed by atoms with E-state index in [1.54, 1.807) is 16.8 Å². The molecule has 17 heavy (non-hydrogen) atoms. The van der Waals surface area contributed by atoms with Gasteiger partial charge < -0.3 is 14.0 Å². The van der Waals surface area contributed by atoms with Crippen molar-refractivity contribution in [3.63, 3.8) is 0 Å². The molecule has 0 N–H and O–H groups in total. The molecule has 0 aliphatic heterocycles. The first-order valence-corrected chi connectivity index (χ1v) is 6.95. The van der Waals surface area contributed by atoms with Crippen LogP contribution in [0.2, 0.25) is 0 Å². The van der Waals surface area contributed by atoms with Gasteiger partial charge in [0.25, 0.3) is 5.56 Å². The summed E-state index contributed by atoms with van der Waals surface area (Å²) in [6.45, 7) is 5.26. The highest BCUT2D eigenvalue weighted by Crippen LogP contribution is 2.13. The lowest BCUT2D eigenvalue weighted by Crippen LogP contribution is -2.30. The fourth-order valence-electron chi connectivity index (χ4n) is 1.39. The maximum Gasteiger partial charge on any atom is 0.265 e. The maximum atomic E-state index is 11.8. The first-order valence-electron chi connectivity index (χ1n) is 5.37. The molecule has 0 aliphatic carbocycles. The molecular weight excluding hydrogens is 354 g/mol. The first kappa shape index (κ1) is 14.9. The Labute approximate surface area is 117 Å². The standard InChI is InChI=1S/C11H15Br2NO3/c1-3-16-10(17-4-2)7-14-6-8(12)5-9(13)11(14)15/h5-6,10H,3-4,7H2,1-2H3. The first-order chi connectivity index (χ1) is 8.08. The van der Waals surface area contributed by atoms with E-state index in [1.807, 2.05) is 13.8 Å². The zero-order valence-electron chi connectivity index (χ0n) is 9.78. The summed E-state index contributed by atoms with van der Waals surface area (Å²) in [7, 11) is 0. The molecule has 0 aliphatic rings. The van der Waals surface area contributed by atoms with Gasteiger partial charge in [0.15, 0.2) is 6.29 Å². The molecule has 0 bridgehead atoms. The van der Waals surface area contributed by atoms with E-state index in [9.17, 15) is 4.79 Å². The Hall–Kier alpha value is -0.170. The molecular formula is C11H15Br2NO3. The zero-order valence-corrected chi connectivity index (χ0v) is 13.0. The molecule has 0 spiro atoms. The predicted octanol–water partition coefficient (Wildman–Crippen LogP) is 2.77. The Bertz CT molecular complexity index is 414. The van der Waals surface area contributed by atoms with E-state index in [1.165, 1.54) is 0 Å². The van der Waals surface area contributed by atoms with E-state index >= 15 is 0 Å². The number of rotatable bonds is 6. The number of hydrogen-bond acceptors (Lipinski definition) is 3. The van der Waals surface area contributed by atoms with E-state index in [0.29, 0.717) is 24.2 Å². The largest absolute Gasteiger partial charge is 0.351 e. The average Bonchev–Trinajstić information content (AvgIpc) is 2.26. The third-order valence-electron chi connectivity index (χ3n) is 2.06. The highest BCUT2D eigenvalue weighted by Gasteiger charge is 2.11. The van der Waals surface area contributed by atoms with Crippen molar-refractivity contribution in [2.75, 3.05) is 13.2 Å². The Morgan fingerprint density at radius 2 is 1.88 bits per heavy atom. The van der Waals surface area contributed by atoms with Gasteiger partial charge in [-0.25, -0.2) is 0 Å². The van der Waals surface area contributed by atoms with Gasteiger partial charge in [0, 0.05) is 23.9 Å². The summed E-state index contributed by atoms with van der Waals surface area (Å²) in [5.74, 6) is 0. The average molecular weight is 369 g/mol. The summed E-state index contributed by atoms with van der Waals surface area (Å²) < 4.78 is 13.7. The van der Waals surface area contributed by atoms with Crippen LogP contribution in [0, 0.1) is 0 Å². The van der Waals surface area contributed by atoms with Gasteiger partial charge in [-0.3, -0.25) is 4.79 Å². The molecule has 0 aromatic carbocycles. The lowest BCUT2D eigenvalue weighted by atomic mass is 10.4. The van der Waals surface area contributed by atoms with Crippen LogP contribution in [-0.2, 0) is 16.0 Å². The molecule has 0 atom stereocenters. The maximum absolute atomic E-state index is 11.8. The topological polar surface area (TPSA) is 40.5 Å². The van der Waals surface area contributed by atoms with Crippen LogP contribution in [-0.4, -0.2) is 24.1 Å². The molecule has 4 nitrogen and oxygen atoms in total. The van der Waals surface area contributed by atoms with Crippen LogP contribution in [0.25, 0.3) is 0 Å². The van der Waals surface area contributed by atoms with Gasteiger partial charge in [-0.2, -0.15) is 0 Å². The fraction of sp³-hybridized carbons (Fsp3) is 0.545. The molecule has 0 fully saturated rings. The second-order valence-electron chi connectivity index (χ2n) is 3.30. The quantitative estimate of drug-likeness (QED) is 0.725. The zero-order chi connectivity index (χ0) is 12.8. The lowest BCUT2D eigenvalue weighted by molar-refractivity contribution is -0.144. The van der Waals surface area contributed by atoms with Crippen molar-refractivity contribution in [3.8, 4) is 0 Å². The minimum atomic E-state index is -0.399. The van der Waals surface area contributed by atoms with Crippen LogP contribution in [0.5, 0.6) is 0 Å². The molecule has 0 saturated carbocycles. The summed E-state index contributed by atoms with van der Waals surface area (Å²) in [6.07, 6.45) is 1.32. The van der Waals surface area contributed by atoms with Crippen LogP contribution in [0.3, 0.4) is 0 Å². The summed E-state index contributed by atoms with van der Waals surface area (Å²) in [6, 6.07) is 1.72. The Balaban J connectivity index is 2.88. The molecule has 0 saturated heterocycles. The van der Waals surface area contributed by atoms with Gasteiger partial charge in [0.05, 0.1) is 11.0 Å². The van der Waals surface area contributed by atoms with Crippen LogP contribution in [0.1, 0.15) is 13.8 Å². The molecule has 0 unspecified atom stereocenters. The lowest BCUT2D eigenvalue weighted by Gasteiger charge is -2.18. The van der Waals surface area contributed by atoms with Crippen molar-refractivity contribution in [1.29, 1.82) is 0 Å². The number of halogens is 2. The van der Waals surface area contributed by atoms with Crippen molar-refractivity contribution in [2.24, 2.45) is 0 Å². The SMILES string of the molecule is CCOC(Cn1cc(Br)cc(Br)c1=O)OCC. The second kappa shape index (κ2) is 7.31. The van der Waals surface area contributed by atoms with E-state index < -0.39 is 6.29 Å². The van der Waals surface area contributed by atoms with E-state index in [4.69, 9.17) is 9.47 Å². The summed E-state index contributed by atoms with van der Waals surface area (Å²) in [4.78, 5) is 11.8. The predicted molar refractivity (Wildman–Crippen MR) is 73.1 cm³/mol.